The van der Waals surface area contributed by atoms with Crippen LogP contribution in [0, 0.1) is 11.6 Å². The Bertz CT molecular complexity index is 1030. The Hall–Kier alpha value is -3.31. The van der Waals surface area contributed by atoms with Crippen molar-refractivity contribution >= 4 is 17.6 Å². The lowest BCUT2D eigenvalue weighted by Crippen LogP contribution is -2.47. The highest BCUT2D eigenvalue weighted by molar-refractivity contribution is 6.07. The van der Waals surface area contributed by atoms with Gasteiger partial charge in [0.2, 0.25) is 5.82 Å². The predicted octanol–water partition coefficient (Wildman–Crippen LogP) is 1.98. The van der Waals surface area contributed by atoms with E-state index in [-0.39, 0.29) is 5.75 Å². The van der Waals surface area contributed by atoms with E-state index in [9.17, 15) is 18.4 Å². The van der Waals surface area contributed by atoms with Gasteiger partial charge in [0.1, 0.15) is 5.54 Å². The number of nitrogens with zero attached hydrogens (tertiary/aromatic N) is 3. The molecule has 4 rings (SSSR count). The number of halogens is 2. The minimum Gasteiger partial charge on any atom is -0.493 e. The molecule has 2 saturated heterocycles. The lowest BCUT2D eigenvalue weighted by Gasteiger charge is -2.36. The summed E-state index contributed by atoms with van der Waals surface area (Å²) in [5, 5.41) is 5.05. The van der Waals surface area contributed by atoms with E-state index in [0.29, 0.717) is 63.6 Å². The maximum absolute atomic E-state index is 13.8. The number of piperazine rings is 1. The van der Waals surface area contributed by atoms with E-state index in [0.717, 1.165) is 0 Å². The molecular formula is C23H27F2N5O4. The van der Waals surface area contributed by atoms with E-state index < -0.39 is 29.1 Å². The molecular weight excluding hydrogens is 448 g/mol. The van der Waals surface area contributed by atoms with Crippen molar-refractivity contribution in [1.82, 2.24) is 20.5 Å². The van der Waals surface area contributed by atoms with Gasteiger partial charge >= 0.3 is 6.03 Å². The molecule has 1 atom stereocenters. The zero-order chi connectivity index (χ0) is 24.1. The summed E-state index contributed by atoms with van der Waals surface area (Å²) in [4.78, 5) is 32.5. The number of nitrogens with one attached hydrogen (secondary N) is 2. The van der Waals surface area contributed by atoms with Gasteiger partial charge in [-0.2, -0.15) is 4.39 Å². The number of methoxy groups -OCH3 is 1. The van der Waals surface area contributed by atoms with Gasteiger partial charge in [-0.15, -0.1) is 0 Å². The second-order valence-corrected chi connectivity index (χ2v) is 8.25. The van der Waals surface area contributed by atoms with E-state index in [1.54, 1.807) is 24.5 Å². The van der Waals surface area contributed by atoms with Crippen LogP contribution in [0.25, 0.3) is 0 Å². The molecule has 1 aromatic heterocycles. The van der Waals surface area contributed by atoms with Gasteiger partial charge in [0.15, 0.2) is 11.6 Å². The summed E-state index contributed by atoms with van der Waals surface area (Å²) in [6.45, 7) is 3.47. The van der Waals surface area contributed by atoms with E-state index in [4.69, 9.17) is 9.47 Å². The Balaban J connectivity index is 1.24. The number of carbonyl (C=O) groups is 2. The van der Waals surface area contributed by atoms with Gasteiger partial charge in [-0.25, -0.2) is 9.18 Å². The highest BCUT2D eigenvalue weighted by atomic mass is 19.2. The highest BCUT2D eigenvalue weighted by Gasteiger charge is 2.47. The number of amides is 3. The Morgan fingerprint density at radius 2 is 1.97 bits per heavy atom. The van der Waals surface area contributed by atoms with Crippen molar-refractivity contribution in [2.75, 3.05) is 51.5 Å². The number of carbonyl (C=O) groups excluding carboxylic acids is 2. The summed E-state index contributed by atoms with van der Waals surface area (Å²) >= 11 is 0. The highest BCUT2D eigenvalue weighted by Crippen LogP contribution is 2.30. The normalized spacial score (nSPS) is 20.9. The second kappa shape index (κ2) is 10.3. The number of hydrogen-bond acceptors (Lipinski definition) is 7. The fourth-order valence-electron chi connectivity index (χ4n) is 4.28. The van der Waals surface area contributed by atoms with Crippen LogP contribution < -0.4 is 20.3 Å². The summed E-state index contributed by atoms with van der Waals surface area (Å²) < 4.78 is 38.2. The fraction of sp³-hybridized carbons (Fsp3) is 0.435. The van der Waals surface area contributed by atoms with Gasteiger partial charge in [-0.1, -0.05) is 6.07 Å². The first kappa shape index (κ1) is 23.8. The Morgan fingerprint density at radius 1 is 1.18 bits per heavy atom. The minimum absolute atomic E-state index is 0.114. The third-order valence-electron chi connectivity index (χ3n) is 6.15. The number of ether oxygens (including phenoxy) is 2. The number of hydrogen-bond donors (Lipinski definition) is 2. The van der Waals surface area contributed by atoms with Crippen LogP contribution in [0.15, 0.2) is 36.7 Å². The fourth-order valence-corrected chi connectivity index (χ4v) is 4.28. The molecule has 3 amide bonds. The van der Waals surface area contributed by atoms with Gasteiger partial charge in [0.25, 0.3) is 5.91 Å². The molecule has 9 nitrogen and oxygen atoms in total. The summed E-state index contributed by atoms with van der Waals surface area (Å²) in [6.07, 6.45) is 4.12. The first-order chi connectivity index (χ1) is 16.4. The van der Waals surface area contributed by atoms with Gasteiger partial charge in [0, 0.05) is 68.6 Å². The maximum atomic E-state index is 13.8. The molecule has 3 heterocycles. The number of imide groups is 1. The summed E-state index contributed by atoms with van der Waals surface area (Å²) in [6, 6.07) is 5.65. The van der Waals surface area contributed by atoms with Gasteiger partial charge in [0.05, 0.1) is 13.8 Å². The van der Waals surface area contributed by atoms with E-state index in [1.807, 2.05) is 4.90 Å². The van der Waals surface area contributed by atoms with Crippen LogP contribution >= 0.6 is 0 Å². The second-order valence-electron chi connectivity index (χ2n) is 8.25. The lowest BCUT2D eigenvalue weighted by molar-refractivity contribution is -0.124. The number of aromatic nitrogens is 1. The van der Waals surface area contributed by atoms with Crippen LogP contribution in [0.4, 0.5) is 19.3 Å². The molecule has 2 aliphatic heterocycles. The largest absolute Gasteiger partial charge is 0.493 e. The van der Waals surface area contributed by atoms with Crippen LogP contribution in [0.5, 0.6) is 5.75 Å². The van der Waals surface area contributed by atoms with Gasteiger partial charge in [-0.3, -0.25) is 20.0 Å². The van der Waals surface area contributed by atoms with Gasteiger partial charge < -0.3 is 19.7 Å². The Kier molecular flexibility index (Phi) is 7.23. The third-order valence-corrected chi connectivity index (χ3v) is 6.15. The molecule has 34 heavy (non-hydrogen) atoms. The van der Waals surface area contributed by atoms with Crippen molar-refractivity contribution < 1.29 is 27.8 Å². The van der Waals surface area contributed by atoms with E-state index in [1.165, 1.54) is 19.2 Å². The zero-order valence-electron chi connectivity index (χ0n) is 18.9. The molecule has 1 unspecified atom stereocenters. The smallest absolute Gasteiger partial charge is 0.322 e. The van der Waals surface area contributed by atoms with Crippen molar-refractivity contribution in [1.29, 1.82) is 0 Å². The lowest BCUT2D eigenvalue weighted by atomic mass is 9.86. The number of urea groups is 1. The van der Waals surface area contributed by atoms with Crippen LogP contribution in [0.2, 0.25) is 0 Å². The molecule has 2 fully saturated rings. The molecule has 0 spiro atoms. The topological polar surface area (TPSA) is 96.0 Å². The average Bonchev–Trinajstić information content (AvgIpc) is 3.15. The van der Waals surface area contributed by atoms with E-state index in [2.05, 4.69) is 20.5 Å². The molecule has 11 heteroatoms. The Labute approximate surface area is 196 Å². The molecule has 2 aliphatic rings. The maximum Gasteiger partial charge on any atom is 0.322 e. The van der Waals surface area contributed by atoms with Crippen LogP contribution in [0.1, 0.15) is 18.4 Å². The standard InChI is InChI=1S/C23H27F2N5O4/c1-33-19-13-17(12-18(24)20(19)25)30-9-7-29(8-10-30)15-34-11-3-5-23(16-4-2-6-26-14-16)21(31)27-22(32)28-23/h2,4,6,12-14H,3,5,7-11,15H2,1H3,(H2,27,28,31,32). The van der Waals surface area contributed by atoms with E-state index >= 15 is 0 Å². The van der Waals surface area contributed by atoms with Crippen molar-refractivity contribution in [3.05, 3.63) is 53.9 Å². The van der Waals surface area contributed by atoms with Crippen LogP contribution in [-0.4, -0.2) is 68.4 Å². The zero-order valence-corrected chi connectivity index (χ0v) is 18.9. The predicted molar refractivity (Wildman–Crippen MR) is 119 cm³/mol. The average molecular weight is 475 g/mol. The number of pyridine rings is 1. The molecule has 2 aromatic rings. The molecule has 2 N–H and O–H groups in total. The minimum atomic E-state index is -1.15. The summed E-state index contributed by atoms with van der Waals surface area (Å²) in [5.74, 6) is -2.43. The number of anilines is 1. The molecule has 0 aliphatic carbocycles. The Morgan fingerprint density at radius 3 is 2.62 bits per heavy atom. The number of benzene rings is 1. The van der Waals surface area contributed by atoms with Crippen LogP contribution in [0.3, 0.4) is 0 Å². The van der Waals surface area contributed by atoms with Crippen molar-refractivity contribution in [3.63, 3.8) is 0 Å². The monoisotopic (exact) mass is 475 g/mol. The first-order valence-electron chi connectivity index (χ1n) is 11.0. The van der Waals surface area contributed by atoms with Crippen LogP contribution in [-0.2, 0) is 15.1 Å². The molecule has 0 radical (unpaired) electrons. The van der Waals surface area contributed by atoms with Crippen molar-refractivity contribution in [2.45, 2.75) is 18.4 Å². The van der Waals surface area contributed by atoms with Crippen molar-refractivity contribution in [3.8, 4) is 5.75 Å². The number of rotatable bonds is 9. The summed E-state index contributed by atoms with van der Waals surface area (Å²) in [5.41, 5.74) is 0.0588. The SMILES string of the molecule is COc1cc(N2CCN(COCCCC3(c4cccnc4)NC(=O)NC3=O)CC2)cc(F)c1F. The quantitative estimate of drug-likeness (QED) is 0.423. The van der Waals surface area contributed by atoms with Crippen molar-refractivity contribution in [2.24, 2.45) is 0 Å². The summed E-state index contributed by atoms with van der Waals surface area (Å²) in [7, 11) is 1.31. The first-order valence-corrected chi connectivity index (χ1v) is 11.0. The molecule has 1 aromatic carbocycles. The van der Waals surface area contributed by atoms with Gasteiger partial charge in [-0.05, 0) is 18.9 Å². The molecule has 0 saturated carbocycles. The molecule has 182 valence electrons. The molecule has 0 bridgehead atoms. The third kappa shape index (κ3) is 4.95.